The molecule has 0 aliphatic carbocycles. The smallest absolute Gasteiger partial charge is 0.101 e. The molecule has 0 saturated heterocycles. The molecule has 1 atom stereocenters. The Balaban J connectivity index is 2.19. The van der Waals surface area contributed by atoms with Gasteiger partial charge in [-0.3, -0.25) is 0 Å². The van der Waals surface area contributed by atoms with E-state index in [-0.39, 0.29) is 0 Å². The minimum Gasteiger partial charge on any atom is -0.399 e. The van der Waals surface area contributed by atoms with E-state index in [9.17, 15) is 5.26 Å². The highest BCUT2D eigenvalue weighted by molar-refractivity contribution is 7.09. The van der Waals surface area contributed by atoms with E-state index in [0.717, 1.165) is 12.1 Å². The van der Waals surface area contributed by atoms with Gasteiger partial charge in [-0.25, -0.2) is 0 Å². The van der Waals surface area contributed by atoms with Gasteiger partial charge in [0.15, 0.2) is 0 Å². The van der Waals surface area contributed by atoms with Crippen LogP contribution in [0.15, 0.2) is 35.7 Å². The molecule has 0 amide bonds. The van der Waals surface area contributed by atoms with E-state index in [1.54, 1.807) is 17.4 Å². The Morgan fingerprint density at radius 2 is 2.21 bits per heavy atom. The van der Waals surface area contributed by atoms with E-state index in [0.29, 0.717) is 17.3 Å². The van der Waals surface area contributed by atoms with Crippen molar-refractivity contribution in [2.45, 2.75) is 19.4 Å². The van der Waals surface area contributed by atoms with Crippen molar-refractivity contribution < 1.29 is 0 Å². The molecule has 1 heterocycles. The molecule has 3 nitrogen and oxygen atoms in total. The normalized spacial score (nSPS) is 11.8. The highest BCUT2D eigenvalue weighted by Gasteiger charge is 2.14. The Labute approximate surface area is 117 Å². The third-order valence-corrected chi connectivity index (χ3v) is 4.16. The van der Waals surface area contributed by atoms with Crippen molar-refractivity contribution in [2.24, 2.45) is 0 Å². The molecule has 19 heavy (non-hydrogen) atoms. The SMILES string of the molecule is CC(Cc1cccs1)N(C)c1ccc(N)cc1C#N. The highest BCUT2D eigenvalue weighted by Crippen LogP contribution is 2.24. The van der Waals surface area contributed by atoms with Crippen LogP contribution < -0.4 is 10.6 Å². The summed E-state index contributed by atoms with van der Waals surface area (Å²) >= 11 is 1.76. The molecule has 0 spiro atoms. The number of thiophene rings is 1. The molecule has 0 bridgehead atoms. The topological polar surface area (TPSA) is 53.0 Å². The molecule has 2 N–H and O–H groups in total. The minimum atomic E-state index is 0.328. The van der Waals surface area contributed by atoms with Crippen molar-refractivity contribution in [1.29, 1.82) is 5.26 Å². The zero-order chi connectivity index (χ0) is 13.8. The number of nitrogens with zero attached hydrogens (tertiary/aromatic N) is 2. The molecule has 0 saturated carbocycles. The molecule has 0 aliphatic heterocycles. The van der Waals surface area contributed by atoms with Crippen molar-refractivity contribution in [2.75, 3.05) is 17.7 Å². The lowest BCUT2D eigenvalue weighted by atomic mass is 10.1. The number of benzene rings is 1. The van der Waals surface area contributed by atoms with Gasteiger partial charge < -0.3 is 10.6 Å². The summed E-state index contributed by atoms with van der Waals surface area (Å²) in [6.07, 6.45) is 0.976. The average Bonchev–Trinajstić information content (AvgIpc) is 2.90. The monoisotopic (exact) mass is 271 g/mol. The fourth-order valence-corrected chi connectivity index (χ4v) is 2.87. The first-order valence-corrected chi connectivity index (χ1v) is 7.04. The number of anilines is 2. The van der Waals surface area contributed by atoms with E-state index in [1.807, 2.05) is 19.2 Å². The predicted molar refractivity (Wildman–Crippen MR) is 81.5 cm³/mol. The summed E-state index contributed by atoms with van der Waals surface area (Å²) in [5.74, 6) is 0. The highest BCUT2D eigenvalue weighted by atomic mass is 32.1. The summed E-state index contributed by atoms with van der Waals surface area (Å²) in [7, 11) is 2.02. The van der Waals surface area contributed by atoms with Crippen molar-refractivity contribution in [3.63, 3.8) is 0 Å². The molecule has 2 rings (SSSR count). The van der Waals surface area contributed by atoms with Crippen molar-refractivity contribution in [1.82, 2.24) is 0 Å². The third-order valence-electron chi connectivity index (χ3n) is 3.26. The van der Waals surface area contributed by atoms with Gasteiger partial charge in [0, 0.05) is 30.1 Å². The zero-order valence-electron chi connectivity index (χ0n) is 11.1. The molecule has 0 aliphatic rings. The first-order chi connectivity index (χ1) is 9.11. The van der Waals surface area contributed by atoms with Crippen LogP contribution in [-0.2, 0) is 6.42 Å². The maximum Gasteiger partial charge on any atom is 0.101 e. The predicted octanol–water partition coefficient (Wildman–Crippen LogP) is 3.27. The Bertz CT molecular complexity index is 584. The van der Waals surface area contributed by atoms with E-state index in [4.69, 9.17) is 5.73 Å². The Hall–Kier alpha value is -1.99. The molecule has 1 unspecified atom stereocenters. The lowest BCUT2D eigenvalue weighted by Crippen LogP contribution is -2.31. The van der Waals surface area contributed by atoms with Crippen LogP contribution in [0.4, 0.5) is 11.4 Å². The number of likely N-dealkylation sites (N-methyl/N-ethyl adjacent to an activating group) is 1. The first-order valence-electron chi connectivity index (χ1n) is 6.16. The fraction of sp³-hybridized carbons (Fsp3) is 0.267. The second-order valence-corrected chi connectivity index (χ2v) is 5.66. The Morgan fingerprint density at radius 3 is 2.84 bits per heavy atom. The second kappa shape index (κ2) is 5.77. The van der Waals surface area contributed by atoms with Crippen LogP contribution in [0.1, 0.15) is 17.4 Å². The number of rotatable bonds is 4. The Kier molecular flexibility index (Phi) is 4.08. The summed E-state index contributed by atoms with van der Waals surface area (Å²) in [6.45, 7) is 2.16. The molecule has 0 radical (unpaired) electrons. The maximum atomic E-state index is 9.20. The van der Waals surface area contributed by atoms with Crippen LogP contribution in [0.2, 0.25) is 0 Å². The number of nitrogens with two attached hydrogens (primary N) is 1. The first kappa shape index (κ1) is 13.4. The summed E-state index contributed by atoms with van der Waals surface area (Å²) in [5, 5.41) is 11.3. The third kappa shape index (κ3) is 3.07. The van der Waals surface area contributed by atoms with Crippen LogP contribution in [0.5, 0.6) is 0 Å². The van der Waals surface area contributed by atoms with Gasteiger partial charge in [-0.15, -0.1) is 11.3 Å². The molecule has 2 aromatic rings. The second-order valence-electron chi connectivity index (χ2n) is 4.63. The van der Waals surface area contributed by atoms with E-state index in [1.165, 1.54) is 4.88 Å². The molecule has 1 aromatic carbocycles. The summed E-state index contributed by atoms with van der Waals surface area (Å²) in [6, 6.07) is 12.2. The zero-order valence-corrected chi connectivity index (χ0v) is 11.9. The van der Waals surface area contributed by atoms with Gasteiger partial charge in [0.1, 0.15) is 6.07 Å². The van der Waals surface area contributed by atoms with E-state index in [2.05, 4.69) is 35.4 Å². The average molecular weight is 271 g/mol. The standard InChI is InChI=1S/C15H17N3S/c1-11(8-14-4-3-7-19-14)18(2)15-6-5-13(17)9-12(15)10-16/h3-7,9,11H,8,17H2,1-2H3. The Morgan fingerprint density at radius 1 is 1.42 bits per heavy atom. The van der Waals surface area contributed by atoms with Crippen LogP contribution in [0, 0.1) is 11.3 Å². The van der Waals surface area contributed by atoms with Crippen LogP contribution >= 0.6 is 11.3 Å². The van der Waals surface area contributed by atoms with Crippen LogP contribution in [-0.4, -0.2) is 13.1 Å². The molecule has 1 aromatic heterocycles. The van der Waals surface area contributed by atoms with Gasteiger partial charge in [0.05, 0.1) is 11.3 Å². The number of nitrogen functional groups attached to an aromatic ring is 1. The molecular weight excluding hydrogens is 254 g/mol. The van der Waals surface area contributed by atoms with Crippen molar-refractivity contribution in [3.8, 4) is 6.07 Å². The summed E-state index contributed by atoms with van der Waals surface area (Å²) < 4.78 is 0. The van der Waals surface area contributed by atoms with E-state index >= 15 is 0 Å². The lowest BCUT2D eigenvalue weighted by molar-refractivity contribution is 0.688. The van der Waals surface area contributed by atoms with Gasteiger partial charge in [-0.2, -0.15) is 5.26 Å². The van der Waals surface area contributed by atoms with Gasteiger partial charge in [0.25, 0.3) is 0 Å². The minimum absolute atomic E-state index is 0.328. The lowest BCUT2D eigenvalue weighted by Gasteiger charge is -2.27. The van der Waals surface area contributed by atoms with Gasteiger partial charge in [0.2, 0.25) is 0 Å². The van der Waals surface area contributed by atoms with E-state index < -0.39 is 0 Å². The van der Waals surface area contributed by atoms with Gasteiger partial charge in [-0.05, 0) is 36.6 Å². The molecular formula is C15H17N3S. The van der Waals surface area contributed by atoms with Crippen molar-refractivity contribution >= 4 is 22.7 Å². The largest absolute Gasteiger partial charge is 0.399 e. The van der Waals surface area contributed by atoms with Crippen LogP contribution in [0.3, 0.4) is 0 Å². The maximum absolute atomic E-state index is 9.20. The van der Waals surface area contributed by atoms with Gasteiger partial charge >= 0.3 is 0 Å². The quantitative estimate of drug-likeness (QED) is 0.868. The number of hydrogen-bond donors (Lipinski definition) is 1. The van der Waals surface area contributed by atoms with Crippen molar-refractivity contribution in [3.05, 3.63) is 46.2 Å². The molecule has 98 valence electrons. The summed E-state index contributed by atoms with van der Waals surface area (Å²) in [4.78, 5) is 3.49. The van der Waals surface area contributed by atoms with Gasteiger partial charge in [-0.1, -0.05) is 6.07 Å². The molecule has 0 fully saturated rings. The molecule has 4 heteroatoms. The fourth-order valence-electron chi connectivity index (χ4n) is 2.05. The summed E-state index contributed by atoms with van der Waals surface area (Å²) in [5.41, 5.74) is 7.90. The number of nitriles is 1. The number of hydrogen-bond acceptors (Lipinski definition) is 4. The van der Waals surface area contributed by atoms with Crippen LogP contribution in [0.25, 0.3) is 0 Å².